The molecular formula is C17H20N2O2. The molecule has 2 N–H and O–H groups in total. The van der Waals surface area contributed by atoms with Crippen LogP contribution in [0, 0.1) is 0 Å². The molecule has 2 amide bonds. The molecule has 0 aliphatic rings. The Labute approximate surface area is 125 Å². The Morgan fingerprint density at radius 3 is 1.95 bits per heavy atom. The lowest BCUT2D eigenvalue weighted by Gasteiger charge is -2.25. The summed E-state index contributed by atoms with van der Waals surface area (Å²) < 4.78 is 0. The predicted molar refractivity (Wildman–Crippen MR) is 84.7 cm³/mol. The van der Waals surface area contributed by atoms with Gasteiger partial charge in [-0.15, -0.1) is 0 Å². The van der Waals surface area contributed by atoms with Gasteiger partial charge in [0.15, 0.2) is 0 Å². The average molecular weight is 284 g/mol. The highest BCUT2D eigenvalue weighted by molar-refractivity contribution is 5.99. The molecule has 4 nitrogen and oxygen atoms in total. The van der Waals surface area contributed by atoms with Gasteiger partial charge in [0, 0.05) is 12.6 Å². The van der Waals surface area contributed by atoms with Crippen molar-refractivity contribution in [2.75, 3.05) is 11.5 Å². The van der Waals surface area contributed by atoms with Crippen LogP contribution < -0.4 is 10.2 Å². The SMILES string of the molecule is C[C@H](CCO)NC(=O)N(c1ccccc1)c1ccccc1. The molecule has 0 unspecified atom stereocenters. The minimum atomic E-state index is -0.201. The topological polar surface area (TPSA) is 52.6 Å². The molecule has 0 fully saturated rings. The minimum Gasteiger partial charge on any atom is -0.396 e. The van der Waals surface area contributed by atoms with Gasteiger partial charge in [-0.05, 0) is 37.6 Å². The molecule has 2 aromatic carbocycles. The second kappa shape index (κ2) is 7.45. The van der Waals surface area contributed by atoms with Gasteiger partial charge in [0.1, 0.15) is 0 Å². The molecule has 21 heavy (non-hydrogen) atoms. The summed E-state index contributed by atoms with van der Waals surface area (Å²) in [6.45, 7) is 1.93. The summed E-state index contributed by atoms with van der Waals surface area (Å²) >= 11 is 0. The minimum absolute atomic E-state index is 0.0537. The summed E-state index contributed by atoms with van der Waals surface area (Å²) in [5.74, 6) is 0. The number of carbonyl (C=O) groups is 1. The fraction of sp³-hybridized carbons (Fsp3) is 0.235. The quantitative estimate of drug-likeness (QED) is 0.885. The number of hydrogen-bond acceptors (Lipinski definition) is 2. The van der Waals surface area contributed by atoms with Gasteiger partial charge >= 0.3 is 6.03 Å². The number of anilines is 2. The highest BCUT2D eigenvalue weighted by atomic mass is 16.3. The third-order valence-corrected chi connectivity index (χ3v) is 3.16. The molecule has 0 saturated heterocycles. The summed E-state index contributed by atoms with van der Waals surface area (Å²) in [6.07, 6.45) is 0.531. The van der Waals surface area contributed by atoms with E-state index in [1.807, 2.05) is 67.6 Å². The molecule has 0 saturated carbocycles. The van der Waals surface area contributed by atoms with E-state index in [4.69, 9.17) is 5.11 Å². The van der Waals surface area contributed by atoms with Crippen LogP contribution in [0.25, 0.3) is 0 Å². The van der Waals surface area contributed by atoms with E-state index in [1.54, 1.807) is 4.90 Å². The van der Waals surface area contributed by atoms with Gasteiger partial charge in [-0.3, -0.25) is 4.90 Å². The van der Waals surface area contributed by atoms with Gasteiger partial charge in [-0.2, -0.15) is 0 Å². The van der Waals surface area contributed by atoms with E-state index in [0.717, 1.165) is 11.4 Å². The maximum atomic E-state index is 12.6. The normalized spacial score (nSPS) is 11.7. The molecular weight excluding hydrogens is 264 g/mol. The van der Waals surface area contributed by atoms with Gasteiger partial charge in [0.05, 0.1) is 11.4 Å². The van der Waals surface area contributed by atoms with Gasteiger partial charge in [0.25, 0.3) is 0 Å². The molecule has 2 rings (SSSR count). The van der Waals surface area contributed by atoms with Crippen LogP contribution in [0.1, 0.15) is 13.3 Å². The molecule has 0 spiro atoms. The number of hydrogen-bond donors (Lipinski definition) is 2. The average Bonchev–Trinajstić information content (AvgIpc) is 2.50. The zero-order chi connectivity index (χ0) is 15.1. The summed E-state index contributed by atoms with van der Waals surface area (Å²) in [5, 5.41) is 11.9. The molecule has 2 aromatic rings. The number of nitrogens with one attached hydrogen (secondary N) is 1. The maximum Gasteiger partial charge on any atom is 0.326 e. The zero-order valence-electron chi connectivity index (χ0n) is 12.1. The third kappa shape index (κ3) is 4.07. The number of rotatable bonds is 5. The van der Waals surface area contributed by atoms with Crippen molar-refractivity contribution >= 4 is 17.4 Å². The number of nitrogens with zero attached hydrogens (tertiary/aromatic N) is 1. The van der Waals surface area contributed by atoms with Crippen molar-refractivity contribution in [3.8, 4) is 0 Å². The zero-order valence-corrected chi connectivity index (χ0v) is 12.1. The number of para-hydroxylation sites is 2. The third-order valence-electron chi connectivity index (χ3n) is 3.16. The van der Waals surface area contributed by atoms with Crippen LogP contribution in [0.5, 0.6) is 0 Å². The number of aliphatic hydroxyl groups is 1. The highest BCUT2D eigenvalue weighted by Gasteiger charge is 2.18. The Bertz CT molecular complexity index is 518. The molecule has 0 aliphatic carbocycles. The first-order chi connectivity index (χ1) is 10.2. The molecule has 1 atom stereocenters. The molecule has 0 bridgehead atoms. The fourth-order valence-corrected chi connectivity index (χ4v) is 2.08. The van der Waals surface area contributed by atoms with Crippen molar-refractivity contribution in [2.24, 2.45) is 0 Å². The molecule has 0 aromatic heterocycles. The first-order valence-electron chi connectivity index (χ1n) is 7.04. The summed E-state index contributed by atoms with van der Waals surface area (Å²) in [5.41, 5.74) is 1.61. The smallest absolute Gasteiger partial charge is 0.326 e. The molecule has 0 heterocycles. The van der Waals surface area contributed by atoms with Crippen LogP contribution in [0.15, 0.2) is 60.7 Å². The Morgan fingerprint density at radius 2 is 1.52 bits per heavy atom. The van der Waals surface area contributed by atoms with E-state index < -0.39 is 0 Å². The lowest BCUT2D eigenvalue weighted by Crippen LogP contribution is -2.42. The molecule has 110 valence electrons. The first kappa shape index (κ1) is 15.1. The lowest BCUT2D eigenvalue weighted by molar-refractivity contribution is 0.238. The fourth-order valence-electron chi connectivity index (χ4n) is 2.08. The van der Waals surface area contributed by atoms with E-state index in [1.165, 1.54) is 0 Å². The number of urea groups is 1. The van der Waals surface area contributed by atoms with Crippen molar-refractivity contribution in [2.45, 2.75) is 19.4 Å². The Kier molecular flexibility index (Phi) is 5.35. The maximum absolute atomic E-state index is 12.6. The Morgan fingerprint density at radius 1 is 1.05 bits per heavy atom. The molecule has 4 heteroatoms. The number of carbonyl (C=O) groups excluding carboxylic acids is 1. The van der Waals surface area contributed by atoms with E-state index in [-0.39, 0.29) is 18.7 Å². The highest BCUT2D eigenvalue weighted by Crippen LogP contribution is 2.24. The van der Waals surface area contributed by atoms with Gasteiger partial charge < -0.3 is 10.4 Å². The molecule has 0 radical (unpaired) electrons. The summed E-state index contributed by atoms with van der Waals surface area (Å²) in [6, 6.07) is 18.7. The summed E-state index contributed by atoms with van der Waals surface area (Å²) in [7, 11) is 0. The van der Waals surface area contributed by atoms with Crippen LogP contribution in [0.2, 0.25) is 0 Å². The summed E-state index contributed by atoms with van der Waals surface area (Å²) in [4.78, 5) is 14.2. The predicted octanol–water partition coefficient (Wildman–Crippen LogP) is 3.31. The standard InChI is InChI=1S/C17H20N2O2/c1-14(12-13-20)18-17(21)19(15-8-4-2-5-9-15)16-10-6-3-7-11-16/h2-11,14,20H,12-13H2,1H3,(H,18,21)/t14-/m1/s1. The van der Waals surface area contributed by atoms with Crippen molar-refractivity contribution in [1.29, 1.82) is 0 Å². The van der Waals surface area contributed by atoms with Crippen LogP contribution in [0.4, 0.5) is 16.2 Å². The van der Waals surface area contributed by atoms with E-state index >= 15 is 0 Å². The van der Waals surface area contributed by atoms with Crippen molar-refractivity contribution in [1.82, 2.24) is 5.32 Å². The van der Waals surface area contributed by atoms with E-state index in [2.05, 4.69) is 5.32 Å². The van der Waals surface area contributed by atoms with Crippen LogP contribution >= 0.6 is 0 Å². The second-order valence-electron chi connectivity index (χ2n) is 4.87. The van der Waals surface area contributed by atoms with E-state index in [0.29, 0.717) is 6.42 Å². The van der Waals surface area contributed by atoms with E-state index in [9.17, 15) is 4.79 Å². The number of benzene rings is 2. The van der Waals surface area contributed by atoms with Gasteiger partial charge in [-0.25, -0.2) is 4.79 Å². The Hall–Kier alpha value is -2.33. The van der Waals surface area contributed by atoms with Crippen molar-refractivity contribution in [3.05, 3.63) is 60.7 Å². The molecule has 0 aliphatic heterocycles. The van der Waals surface area contributed by atoms with Gasteiger partial charge in [0.2, 0.25) is 0 Å². The van der Waals surface area contributed by atoms with Crippen LogP contribution in [-0.4, -0.2) is 23.8 Å². The van der Waals surface area contributed by atoms with Crippen molar-refractivity contribution in [3.63, 3.8) is 0 Å². The number of aliphatic hydroxyl groups excluding tert-OH is 1. The van der Waals surface area contributed by atoms with Crippen LogP contribution in [-0.2, 0) is 0 Å². The monoisotopic (exact) mass is 284 g/mol. The number of amides is 2. The Balaban J connectivity index is 2.27. The van der Waals surface area contributed by atoms with Crippen molar-refractivity contribution < 1.29 is 9.90 Å². The second-order valence-corrected chi connectivity index (χ2v) is 4.87. The largest absolute Gasteiger partial charge is 0.396 e. The van der Waals surface area contributed by atoms with Crippen LogP contribution in [0.3, 0.4) is 0 Å². The first-order valence-corrected chi connectivity index (χ1v) is 7.04. The van der Waals surface area contributed by atoms with Gasteiger partial charge in [-0.1, -0.05) is 36.4 Å². The lowest BCUT2D eigenvalue weighted by atomic mass is 10.2.